The molecule has 0 aliphatic carbocycles. The summed E-state index contributed by atoms with van der Waals surface area (Å²) >= 11 is 6.25. The van der Waals surface area contributed by atoms with E-state index in [0.717, 1.165) is 0 Å². The van der Waals surface area contributed by atoms with Gasteiger partial charge in [0.1, 0.15) is 0 Å². The number of methoxy groups -OCH3 is 1. The van der Waals surface area contributed by atoms with E-state index in [1.165, 1.54) is 25.3 Å². The zero-order valence-corrected chi connectivity index (χ0v) is 14.4. The molecule has 0 saturated heterocycles. The normalized spacial score (nSPS) is 10.9. The van der Waals surface area contributed by atoms with Gasteiger partial charge in [0.05, 0.1) is 35.3 Å². The Hall–Kier alpha value is -3.04. The maximum Gasteiger partial charge on any atom is 0.270 e. The van der Waals surface area contributed by atoms with Crippen molar-refractivity contribution in [1.82, 2.24) is 0 Å². The van der Waals surface area contributed by atoms with Gasteiger partial charge >= 0.3 is 0 Å². The molecule has 0 atom stereocenters. The molecule has 0 radical (unpaired) electrons. The van der Waals surface area contributed by atoms with Crippen LogP contribution in [0, 0.1) is 21.4 Å². The van der Waals surface area contributed by atoms with Crippen LogP contribution in [-0.2, 0) is 0 Å². The largest absolute Gasteiger partial charge is 0.493 e. The number of rotatable bonds is 6. The Labute approximate surface area is 150 Å². The molecule has 0 aliphatic rings. The number of nitro groups is 1. The molecule has 7 heteroatoms. The van der Waals surface area contributed by atoms with Crippen LogP contribution in [0.1, 0.15) is 18.1 Å². The summed E-state index contributed by atoms with van der Waals surface area (Å²) < 4.78 is 10.7. The highest BCUT2D eigenvalue weighted by molar-refractivity contribution is 6.32. The molecule has 0 aliphatic heterocycles. The molecule has 128 valence electrons. The van der Waals surface area contributed by atoms with Crippen LogP contribution >= 0.6 is 11.6 Å². The first-order chi connectivity index (χ1) is 12.0. The smallest absolute Gasteiger partial charge is 0.270 e. The quantitative estimate of drug-likeness (QED) is 0.323. The summed E-state index contributed by atoms with van der Waals surface area (Å²) in [5, 5.41) is 20.7. The molecule has 0 saturated carbocycles. The Morgan fingerprint density at radius 2 is 2.12 bits per heavy atom. The van der Waals surface area contributed by atoms with Crippen molar-refractivity contribution >= 4 is 28.9 Å². The molecule has 6 nitrogen and oxygen atoms in total. The molecular formula is C18H15ClN2O4. The van der Waals surface area contributed by atoms with E-state index < -0.39 is 4.92 Å². The van der Waals surface area contributed by atoms with Gasteiger partial charge in [0.15, 0.2) is 11.5 Å². The third-order valence-electron chi connectivity index (χ3n) is 3.37. The molecule has 0 bridgehead atoms. The molecule has 2 aromatic rings. The van der Waals surface area contributed by atoms with E-state index in [-0.39, 0.29) is 11.3 Å². The minimum absolute atomic E-state index is 0.0884. The molecular weight excluding hydrogens is 344 g/mol. The summed E-state index contributed by atoms with van der Waals surface area (Å²) in [6, 6.07) is 11.2. The van der Waals surface area contributed by atoms with Crippen LogP contribution in [0.4, 0.5) is 5.69 Å². The average molecular weight is 359 g/mol. The van der Waals surface area contributed by atoms with Crippen LogP contribution in [0.3, 0.4) is 0 Å². The summed E-state index contributed by atoms with van der Waals surface area (Å²) in [5.41, 5.74) is 1.14. The number of benzene rings is 2. The zero-order valence-electron chi connectivity index (χ0n) is 13.7. The maximum atomic E-state index is 10.9. The maximum absolute atomic E-state index is 10.9. The first kappa shape index (κ1) is 18.3. The van der Waals surface area contributed by atoms with Gasteiger partial charge in [-0.15, -0.1) is 0 Å². The lowest BCUT2D eigenvalue weighted by atomic mass is 10.0. The van der Waals surface area contributed by atoms with Crippen molar-refractivity contribution in [2.45, 2.75) is 6.92 Å². The first-order valence-electron chi connectivity index (χ1n) is 7.37. The molecule has 0 N–H and O–H groups in total. The number of nitro benzene ring substituents is 1. The summed E-state index contributed by atoms with van der Waals surface area (Å²) in [5.74, 6) is 0.981. The summed E-state index contributed by atoms with van der Waals surface area (Å²) in [7, 11) is 1.51. The Morgan fingerprint density at radius 1 is 1.36 bits per heavy atom. The third-order valence-corrected chi connectivity index (χ3v) is 3.70. The van der Waals surface area contributed by atoms with Crippen LogP contribution in [0.15, 0.2) is 36.4 Å². The van der Waals surface area contributed by atoms with Crippen molar-refractivity contribution in [3.63, 3.8) is 0 Å². The van der Waals surface area contributed by atoms with Gasteiger partial charge in [-0.05, 0) is 30.2 Å². The topological polar surface area (TPSA) is 85.4 Å². The molecule has 25 heavy (non-hydrogen) atoms. The Bertz CT molecular complexity index is 872. The minimum Gasteiger partial charge on any atom is -0.493 e. The lowest BCUT2D eigenvalue weighted by Crippen LogP contribution is -1.96. The second kappa shape index (κ2) is 8.18. The number of hydrogen-bond acceptors (Lipinski definition) is 5. The predicted molar refractivity (Wildman–Crippen MR) is 95.8 cm³/mol. The first-order valence-corrected chi connectivity index (χ1v) is 7.75. The number of non-ortho nitro benzene ring substituents is 1. The SMILES string of the molecule is CCOc1cc(/C=C(/C#N)c2cccc([N+](=O)[O-])c2)c(Cl)cc1OC. The zero-order chi connectivity index (χ0) is 18.4. The van der Waals surface area contributed by atoms with E-state index >= 15 is 0 Å². The number of allylic oxidation sites excluding steroid dienone is 1. The third kappa shape index (κ3) is 4.28. The van der Waals surface area contributed by atoms with Gasteiger partial charge in [-0.1, -0.05) is 23.7 Å². The van der Waals surface area contributed by atoms with E-state index in [1.54, 1.807) is 24.3 Å². The highest BCUT2D eigenvalue weighted by atomic mass is 35.5. The van der Waals surface area contributed by atoms with Crippen molar-refractivity contribution in [3.8, 4) is 17.6 Å². The Kier molecular flexibility index (Phi) is 5.98. The number of halogens is 1. The highest BCUT2D eigenvalue weighted by Crippen LogP contribution is 2.35. The van der Waals surface area contributed by atoms with Gasteiger partial charge in [-0.3, -0.25) is 10.1 Å². The van der Waals surface area contributed by atoms with Gasteiger partial charge in [0, 0.05) is 18.2 Å². The van der Waals surface area contributed by atoms with E-state index in [2.05, 4.69) is 0 Å². The number of nitrogens with zero attached hydrogens (tertiary/aromatic N) is 2. The van der Waals surface area contributed by atoms with E-state index in [9.17, 15) is 15.4 Å². The van der Waals surface area contributed by atoms with E-state index in [4.69, 9.17) is 21.1 Å². The number of nitriles is 1. The van der Waals surface area contributed by atoms with Crippen LogP contribution in [0.25, 0.3) is 11.6 Å². The molecule has 0 fully saturated rings. The molecule has 2 rings (SSSR count). The van der Waals surface area contributed by atoms with Crippen molar-refractivity contribution in [2.75, 3.05) is 13.7 Å². The van der Waals surface area contributed by atoms with Crippen LogP contribution in [-0.4, -0.2) is 18.6 Å². The fraction of sp³-hybridized carbons (Fsp3) is 0.167. The van der Waals surface area contributed by atoms with Gasteiger partial charge in [0.2, 0.25) is 0 Å². The lowest BCUT2D eigenvalue weighted by molar-refractivity contribution is -0.384. The van der Waals surface area contributed by atoms with Crippen molar-refractivity contribution in [3.05, 3.63) is 62.7 Å². The summed E-state index contributed by atoms with van der Waals surface area (Å²) in [4.78, 5) is 10.4. The van der Waals surface area contributed by atoms with E-state index in [1.807, 2.05) is 13.0 Å². The second-order valence-electron chi connectivity index (χ2n) is 4.93. The van der Waals surface area contributed by atoms with Gasteiger partial charge in [-0.25, -0.2) is 0 Å². The molecule has 0 heterocycles. The van der Waals surface area contributed by atoms with Crippen LogP contribution < -0.4 is 9.47 Å². The average Bonchev–Trinajstić information content (AvgIpc) is 2.61. The highest BCUT2D eigenvalue weighted by Gasteiger charge is 2.12. The standard InChI is InChI=1S/C18H15ClN2O4/c1-3-25-18-9-13(16(19)10-17(18)24-2)7-14(11-20)12-5-4-6-15(8-12)21(22)23/h4-10H,3H2,1-2H3/b14-7-. The Morgan fingerprint density at radius 3 is 2.72 bits per heavy atom. The van der Waals surface area contributed by atoms with E-state index in [0.29, 0.717) is 34.3 Å². The fourth-order valence-corrected chi connectivity index (χ4v) is 2.42. The fourth-order valence-electron chi connectivity index (χ4n) is 2.21. The van der Waals surface area contributed by atoms with Gasteiger partial charge in [0.25, 0.3) is 5.69 Å². The van der Waals surface area contributed by atoms with Crippen molar-refractivity contribution in [2.24, 2.45) is 0 Å². The molecule has 0 unspecified atom stereocenters. The number of hydrogen-bond donors (Lipinski definition) is 0. The molecule has 0 spiro atoms. The molecule has 0 aromatic heterocycles. The van der Waals surface area contributed by atoms with Crippen molar-refractivity contribution in [1.29, 1.82) is 5.26 Å². The number of ether oxygens (including phenoxy) is 2. The molecule has 0 amide bonds. The van der Waals surface area contributed by atoms with Crippen LogP contribution in [0.5, 0.6) is 11.5 Å². The van der Waals surface area contributed by atoms with Crippen molar-refractivity contribution < 1.29 is 14.4 Å². The monoisotopic (exact) mass is 358 g/mol. The summed E-state index contributed by atoms with van der Waals surface area (Å²) in [6.07, 6.45) is 1.56. The van der Waals surface area contributed by atoms with Gasteiger partial charge in [-0.2, -0.15) is 5.26 Å². The van der Waals surface area contributed by atoms with Crippen LogP contribution in [0.2, 0.25) is 5.02 Å². The summed E-state index contributed by atoms with van der Waals surface area (Å²) in [6.45, 7) is 2.28. The Balaban J connectivity index is 2.53. The molecule has 2 aromatic carbocycles. The second-order valence-corrected chi connectivity index (χ2v) is 5.34. The van der Waals surface area contributed by atoms with Gasteiger partial charge < -0.3 is 9.47 Å². The predicted octanol–water partition coefficient (Wildman–Crippen LogP) is 4.72. The minimum atomic E-state index is -0.508. The lowest BCUT2D eigenvalue weighted by Gasteiger charge is -2.11.